The number of nitrogens with one attached hydrogen (secondary N) is 1. The Hall–Kier alpha value is -5.48. The zero-order valence-corrected chi connectivity index (χ0v) is 28.7. The van der Waals surface area contributed by atoms with Crippen LogP contribution in [0.25, 0.3) is 0 Å². The molecule has 0 fully saturated rings. The quantitative estimate of drug-likeness (QED) is 0.0897. The maximum atomic E-state index is 14.2. The number of hydrogen-bond donors (Lipinski definition) is 1. The zero-order chi connectivity index (χ0) is 35.1. The molecule has 0 aliphatic carbocycles. The number of amides is 2. The number of ether oxygens (including phenoxy) is 5. The Labute approximate surface area is 290 Å². The molecule has 1 aliphatic rings. The molecule has 5 rings (SSSR count). The van der Waals surface area contributed by atoms with E-state index in [9.17, 15) is 14.4 Å². The van der Waals surface area contributed by atoms with Gasteiger partial charge in [-0.15, -0.1) is 0 Å². The van der Waals surface area contributed by atoms with Gasteiger partial charge in [0.2, 0.25) is 0 Å². The average molecular weight is 685 g/mol. The van der Waals surface area contributed by atoms with Crippen LogP contribution in [0.2, 0.25) is 5.02 Å². The van der Waals surface area contributed by atoms with E-state index in [0.29, 0.717) is 58.1 Å². The summed E-state index contributed by atoms with van der Waals surface area (Å²) in [6, 6.07) is 21.1. The molecular formula is C38H37ClN2O8. The number of allylic oxidation sites excluding steroid dienone is 2. The normalized spacial score (nSPS) is 12.1. The molecule has 0 spiro atoms. The predicted molar refractivity (Wildman–Crippen MR) is 188 cm³/mol. The first-order chi connectivity index (χ1) is 23.7. The lowest BCUT2D eigenvalue weighted by atomic mass is 9.93. The number of benzene rings is 4. The summed E-state index contributed by atoms with van der Waals surface area (Å²) in [5.41, 5.74) is 4.78. The Kier molecular flexibility index (Phi) is 11.1. The van der Waals surface area contributed by atoms with Gasteiger partial charge in [0.15, 0.2) is 17.2 Å². The lowest BCUT2D eigenvalue weighted by molar-refractivity contribution is -0.134. The largest absolute Gasteiger partial charge is 0.496 e. The number of esters is 2. The fourth-order valence-corrected chi connectivity index (χ4v) is 5.96. The molecule has 0 atom stereocenters. The Morgan fingerprint density at radius 3 is 2.08 bits per heavy atom. The van der Waals surface area contributed by atoms with Crippen LogP contribution in [0.15, 0.2) is 84.4 Å². The van der Waals surface area contributed by atoms with Gasteiger partial charge in [-0.2, -0.15) is 0 Å². The van der Waals surface area contributed by atoms with Gasteiger partial charge in [0.1, 0.15) is 17.4 Å². The van der Waals surface area contributed by atoms with E-state index in [1.807, 2.05) is 80.6 Å². The van der Waals surface area contributed by atoms with Gasteiger partial charge in [-0.3, -0.25) is 9.69 Å². The Bertz CT molecular complexity index is 1850. The maximum absolute atomic E-state index is 14.2. The van der Waals surface area contributed by atoms with E-state index < -0.39 is 18.0 Å². The van der Waals surface area contributed by atoms with Gasteiger partial charge in [-0.1, -0.05) is 59.6 Å². The average Bonchev–Trinajstić information content (AvgIpc) is 3.51. The van der Waals surface area contributed by atoms with Crippen molar-refractivity contribution in [2.24, 2.45) is 0 Å². The van der Waals surface area contributed by atoms with Crippen molar-refractivity contribution in [2.45, 2.75) is 39.7 Å². The van der Waals surface area contributed by atoms with Crippen LogP contribution in [-0.2, 0) is 22.6 Å². The molecule has 1 N–H and O–H groups in total. The predicted octanol–water partition coefficient (Wildman–Crippen LogP) is 8.59. The van der Waals surface area contributed by atoms with Gasteiger partial charge in [0, 0.05) is 17.5 Å². The highest BCUT2D eigenvalue weighted by Crippen LogP contribution is 2.43. The van der Waals surface area contributed by atoms with Crippen LogP contribution in [0.1, 0.15) is 46.8 Å². The van der Waals surface area contributed by atoms with E-state index in [1.165, 1.54) is 14.2 Å². The highest BCUT2D eigenvalue weighted by atomic mass is 35.5. The molecule has 2 amide bonds. The third-order valence-corrected chi connectivity index (χ3v) is 8.55. The lowest BCUT2D eigenvalue weighted by Crippen LogP contribution is -2.32. The Balaban J connectivity index is 1.42. The van der Waals surface area contributed by atoms with Crippen LogP contribution in [-0.4, -0.2) is 39.3 Å². The first-order valence-corrected chi connectivity index (χ1v) is 15.9. The lowest BCUT2D eigenvalue weighted by Gasteiger charge is -2.26. The van der Waals surface area contributed by atoms with Crippen molar-refractivity contribution in [1.82, 2.24) is 0 Å². The van der Waals surface area contributed by atoms with Gasteiger partial charge in [0.25, 0.3) is 0 Å². The number of anilines is 3. The summed E-state index contributed by atoms with van der Waals surface area (Å²) in [5.74, 6) is 0.374. The third kappa shape index (κ3) is 7.49. The van der Waals surface area contributed by atoms with Gasteiger partial charge < -0.3 is 29.0 Å². The number of carbonyl (C=O) groups excluding carboxylic acids is 3. The molecule has 0 saturated carbocycles. The van der Waals surface area contributed by atoms with Crippen molar-refractivity contribution >= 4 is 46.6 Å². The fraction of sp³-hybridized carbons (Fsp3) is 0.237. The van der Waals surface area contributed by atoms with Gasteiger partial charge in [-0.05, 0) is 68.7 Å². The van der Waals surface area contributed by atoms with Crippen molar-refractivity contribution < 1.29 is 38.1 Å². The number of fused-ring (bicyclic) bond motifs is 1. The topological polar surface area (TPSA) is 113 Å². The summed E-state index contributed by atoms with van der Waals surface area (Å²) in [7, 11) is 4.48. The van der Waals surface area contributed by atoms with Crippen molar-refractivity contribution in [3.63, 3.8) is 0 Å². The van der Waals surface area contributed by atoms with E-state index in [1.54, 1.807) is 24.1 Å². The van der Waals surface area contributed by atoms with Crippen molar-refractivity contribution in [2.75, 3.05) is 31.5 Å². The molecule has 4 aromatic rings. The molecule has 0 saturated heterocycles. The zero-order valence-electron chi connectivity index (χ0n) is 27.9. The standard InChI is InChI=1S/C38H37ClN2O8/c1-23(17-21-31(42)49-29-19-20-30(45-3)36(47-5)33(29)39)16-18-27-34(32-28(22-48-37(32)43)24(2)35(27)46-4)40-38(44)41(25-12-8-6-9-13-25)26-14-10-7-11-15-26/h6-16,19-20H,17-18,21-22H2,1-5H3,(H,40,44). The number of hydrogen-bond acceptors (Lipinski definition) is 8. The van der Waals surface area contributed by atoms with Gasteiger partial charge >= 0.3 is 18.0 Å². The van der Waals surface area contributed by atoms with E-state index in [2.05, 4.69) is 5.32 Å². The monoisotopic (exact) mass is 684 g/mol. The van der Waals surface area contributed by atoms with Crippen molar-refractivity contribution in [1.29, 1.82) is 0 Å². The second-order valence-corrected chi connectivity index (χ2v) is 11.6. The van der Waals surface area contributed by atoms with Crippen LogP contribution >= 0.6 is 11.6 Å². The summed E-state index contributed by atoms with van der Waals surface area (Å²) in [4.78, 5) is 41.6. The Morgan fingerprint density at radius 1 is 0.878 bits per heavy atom. The maximum Gasteiger partial charge on any atom is 0.341 e. The molecule has 1 aliphatic heterocycles. The third-order valence-electron chi connectivity index (χ3n) is 8.19. The highest BCUT2D eigenvalue weighted by Gasteiger charge is 2.33. The number of halogens is 1. The molecule has 1 heterocycles. The molecular weight excluding hydrogens is 648 g/mol. The number of rotatable bonds is 12. The van der Waals surface area contributed by atoms with Crippen LogP contribution in [0.5, 0.6) is 23.0 Å². The van der Waals surface area contributed by atoms with Crippen molar-refractivity contribution in [3.05, 3.63) is 112 Å². The van der Waals surface area contributed by atoms with E-state index in [4.69, 9.17) is 35.3 Å². The second kappa shape index (κ2) is 15.6. The number of nitrogens with zero attached hydrogens (tertiary/aromatic N) is 1. The minimum Gasteiger partial charge on any atom is -0.496 e. The summed E-state index contributed by atoms with van der Waals surface area (Å²) in [5, 5.41) is 3.17. The molecule has 49 heavy (non-hydrogen) atoms. The van der Waals surface area contributed by atoms with E-state index >= 15 is 0 Å². The molecule has 0 bridgehead atoms. The van der Waals surface area contributed by atoms with Crippen LogP contribution in [0, 0.1) is 6.92 Å². The number of cyclic esters (lactones) is 1. The molecule has 0 radical (unpaired) electrons. The number of para-hydroxylation sites is 2. The first-order valence-electron chi connectivity index (χ1n) is 15.6. The molecule has 11 heteroatoms. The minimum absolute atomic E-state index is 0.0711. The van der Waals surface area contributed by atoms with E-state index in [0.717, 1.165) is 11.1 Å². The fourth-order valence-electron chi connectivity index (χ4n) is 5.69. The summed E-state index contributed by atoms with van der Waals surface area (Å²) >= 11 is 6.38. The summed E-state index contributed by atoms with van der Waals surface area (Å²) in [6.07, 6.45) is 2.68. The number of urea groups is 1. The smallest absolute Gasteiger partial charge is 0.341 e. The van der Waals surface area contributed by atoms with Crippen LogP contribution in [0.3, 0.4) is 0 Å². The first kappa shape index (κ1) is 34.8. The number of methoxy groups -OCH3 is 3. The molecule has 0 aromatic heterocycles. The van der Waals surface area contributed by atoms with Crippen LogP contribution < -0.4 is 29.2 Å². The molecule has 10 nitrogen and oxygen atoms in total. The second-order valence-electron chi connectivity index (χ2n) is 11.2. The SMILES string of the molecule is COc1ccc(OC(=O)CCC(C)=CCc2c(NC(=O)N(c3ccccc3)c3ccccc3)c3c(c(C)c2OC)COC3=O)c(Cl)c1OC. The number of carbonyl (C=O) groups is 3. The summed E-state index contributed by atoms with van der Waals surface area (Å²) in [6.45, 7) is 3.82. The van der Waals surface area contributed by atoms with Gasteiger partial charge in [0.05, 0.1) is 44.0 Å². The molecule has 0 unspecified atom stereocenters. The van der Waals surface area contributed by atoms with E-state index in [-0.39, 0.29) is 29.5 Å². The van der Waals surface area contributed by atoms with Crippen molar-refractivity contribution in [3.8, 4) is 23.0 Å². The molecule has 4 aromatic carbocycles. The van der Waals surface area contributed by atoms with Crippen LogP contribution in [0.4, 0.5) is 21.9 Å². The Morgan fingerprint density at radius 2 is 1.49 bits per heavy atom. The minimum atomic E-state index is -0.527. The summed E-state index contributed by atoms with van der Waals surface area (Å²) < 4.78 is 27.3. The molecule has 254 valence electrons. The van der Waals surface area contributed by atoms with Gasteiger partial charge in [-0.25, -0.2) is 9.59 Å². The highest BCUT2D eigenvalue weighted by molar-refractivity contribution is 6.34.